The minimum atomic E-state index is -1.34. The molecule has 2 atom stereocenters. The number of carboxylic acid groups (broad SMARTS) is 1. The summed E-state index contributed by atoms with van der Waals surface area (Å²) in [5, 5.41) is 22.8. The maximum Gasteiger partial charge on any atom is 0.341 e. The minimum absolute atomic E-state index is 0.0164. The fourth-order valence-electron chi connectivity index (χ4n) is 4.77. The van der Waals surface area contributed by atoms with Crippen LogP contribution < -0.4 is 15.6 Å². The summed E-state index contributed by atoms with van der Waals surface area (Å²) in [6.45, 7) is 5.50. The van der Waals surface area contributed by atoms with Crippen molar-refractivity contribution >= 4 is 34.2 Å². The third-order valence-corrected chi connectivity index (χ3v) is 6.45. The Kier molecular flexibility index (Phi) is 6.93. The van der Waals surface area contributed by atoms with Gasteiger partial charge in [0.1, 0.15) is 11.4 Å². The smallest absolute Gasteiger partial charge is 0.341 e. The highest BCUT2D eigenvalue weighted by Crippen LogP contribution is 2.31. The van der Waals surface area contributed by atoms with E-state index >= 15 is 0 Å². The molecule has 180 valence electrons. The van der Waals surface area contributed by atoms with Gasteiger partial charge in [-0.1, -0.05) is 23.7 Å². The number of carboxylic acids is 1. The molecule has 1 aliphatic heterocycles. The number of nitrogens with zero attached hydrogens (tertiary/aromatic N) is 2. The van der Waals surface area contributed by atoms with Crippen LogP contribution in [0.5, 0.6) is 0 Å². The van der Waals surface area contributed by atoms with Crippen LogP contribution in [0.2, 0.25) is 5.02 Å². The molecule has 2 heterocycles. The average molecular weight is 488 g/mol. The largest absolute Gasteiger partial charge is 0.477 e. The number of aromatic nitrogens is 1. The Morgan fingerprint density at radius 1 is 1.21 bits per heavy atom. The summed E-state index contributed by atoms with van der Waals surface area (Å²) in [5.41, 5.74) is 1.45. The number of rotatable bonds is 6. The van der Waals surface area contributed by atoms with Crippen LogP contribution in [0.1, 0.15) is 35.3 Å². The van der Waals surface area contributed by atoms with E-state index < -0.39 is 17.2 Å². The molecule has 9 heteroatoms. The summed E-state index contributed by atoms with van der Waals surface area (Å²) in [5.74, 6) is -1.86. The number of halogens is 2. The maximum absolute atomic E-state index is 14.8. The number of pyridine rings is 1. The molecule has 0 spiro atoms. The molecule has 0 aliphatic carbocycles. The summed E-state index contributed by atoms with van der Waals surface area (Å²) >= 11 is 6.00. The van der Waals surface area contributed by atoms with Crippen LogP contribution in [0.15, 0.2) is 41.3 Å². The van der Waals surface area contributed by atoms with E-state index in [0.29, 0.717) is 29.7 Å². The van der Waals surface area contributed by atoms with Crippen LogP contribution in [-0.4, -0.2) is 52.5 Å². The molecule has 1 aliphatic rings. The molecule has 4 rings (SSSR count). The Labute approximate surface area is 201 Å². The zero-order valence-electron chi connectivity index (χ0n) is 19.0. The fourth-order valence-corrected chi connectivity index (χ4v) is 4.96. The number of fused-ring (bicyclic) bond motifs is 1. The monoisotopic (exact) mass is 487 g/mol. The molecule has 1 aromatic heterocycles. The first-order valence-electron chi connectivity index (χ1n) is 11.2. The van der Waals surface area contributed by atoms with Crippen LogP contribution >= 0.6 is 11.6 Å². The quantitative estimate of drug-likeness (QED) is 0.494. The molecule has 0 saturated carbocycles. The van der Waals surface area contributed by atoms with Gasteiger partial charge in [-0.05, 0) is 43.2 Å². The van der Waals surface area contributed by atoms with Crippen molar-refractivity contribution < 1.29 is 19.4 Å². The summed E-state index contributed by atoms with van der Waals surface area (Å²) < 4.78 is 16.4. The van der Waals surface area contributed by atoms with Crippen LogP contribution in [0.4, 0.5) is 10.1 Å². The van der Waals surface area contributed by atoms with Crippen molar-refractivity contribution in [3.63, 3.8) is 0 Å². The van der Waals surface area contributed by atoms with Crippen molar-refractivity contribution in [3.05, 3.63) is 74.3 Å². The van der Waals surface area contributed by atoms with E-state index in [2.05, 4.69) is 24.1 Å². The Morgan fingerprint density at radius 3 is 2.56 bits per heavy atom. The number of aliphatic hydroxyl groups is 1. The Bertz CT molecular complexity index is 1300. The standard InChI is InChI=1S/C25H27ClFN3O4/c1-14-11-30(12-15(2)28-14)21-10-22-18(24(32)19(25(33)34)13-29(22)6-7-31)9-17(21)8-16-4-3-5-20(26)23(16)27/h3-5,9-10,13-15,28,31H,6-8,11-12H2,1-2H3,(H,33,34). The Balaban J connectivity index is 1.97. The van der Waals surface area contributed by atoms with Crippen LogP contribution in [-0.2, 0) is 13.0 Å². The molecule has 3 N–H and O–H groups in total. The third-order valence-electron chi connectivity index (χ3n) is 6.16. The summed E-state index contributed by atoms with van der Waals surface area (Å²) in [4.78, 5) is 27.0. The number of carbonyl (C=O) groups is 1. The second kappa shape index (κ2) is 9.74. The predicted molar refractivity (Wildman–Crippen MR) is 131 cm³/mol. The van der Waals surface area contributed by atoms with Gasteiger partial charge in [0.25, 0.3) is 0 Å². The normalized spacial score (nSPS) is 18.4. The van der Waals surface area contributed by atoms with Gasteiger partial charge in [-0.15, -0.1) is 0 Å². The fraction of sp³-hybridized carbons (Fsp3) is 0.360. The van der Waals surface area contributed by atoms with Crippen LogP contribution in [0.3, 0.4) is 0 Å². The van der Waals surface area contributed by atoms with Gasteiger partial charge in [0.2, 0.25) is 5.43 Å². The lowest BCUT2D eigenvalue weighted by molar-refractivity contribution is 0.0694. The first-order chi connectivity index (χ1) is 16.2. The zero-order valence-corrected chi connectivity index (χ0v) is 19.8. The topological polar surface area (TPSA) is 94.8 Å². The lowest BCUT2D eigenvalue weighted by atomic mass is 9.97. The van der Waals surface area contributed by atoms with E-state index in [-0.39, 0.29) is 47.6 Å². The van der Waals surface area contributed by atoms with Gasteiger partial charge in [0.05, 0.1) is 17.1 Å². The van der Waals surface area contributed by atoms with E-state index in [1.807, 2.05) is 6.07 Å². The first-order valence-corrected chi connectivity index (χ1v) is 11.6. The van der Waals surface area contributed by atoms with Crippen molar-refractivity contribution in [2.75, 3.05) is 24.6 Å². The number of anilines is 1. The zero-order chi connectivity index (χ0) is 24.6. The molecule has 3 aromatic rings. The molecule has 0 amide bonds. The first kappa shape index (κ1) is 24.2. The minimum Gasteiger partial charge on any atom is -0.477 e. The lowest BCUT2D eigenvalue weighted by Crippen LogP contribution is -2.54. The summed E-state index contributed by atoms with van der Waals surface area (Å²) in [7, 11) is 0. The van der Waals surface area contributed by atoms with E-state index in [1.54, 1.807) is 22.8 Å². The predicted octanol–water partition coefficient (Wildman–Crippen LogP) is 3.26. The highest BCUT2D eigenvalue weighted by molar-refractivity contribution is 6.30. The second-order valence-electron chi connectivity index (χ2n) is 8.86. The SMILES string of the molecule is CC1CN(c2cc3c(cc2Cc2cccc(Cl)c2F)c(=O)c(C(=O)O)cn3CCO)CC(C)N1. The van der Waals surface area contributed by atoms with Crippen LogP contribution in [0.25, 0.3) is 10.9 Å². The highest BCUT2D eigenvalue weighted by atomic mass is 35.5. The maximum atomic E-state index is 14.8. The van der Waals surface area contributed by atoms with Gasteiger partial charge < -0.3 is 25.0 Å². The number of benzene rings is 2. The molecule has 34 heavy (non-hydrogen) atoms. The van der Waals surface area contributed by atoms with Gasteiger partial charge in [0.15, 0.2) is 0 Å². The lowest BCUT2D eigenvalue weighted by Gasteiger charge is -2.39. The van der Waals surface area contributed by atoms with Gasteiger partial charge in [-0.2, -0.15) is 0 Å². The van der Waals surface area contributed by atoms with E-state index in [9.17, 15) is 24.2 Å². The highest BCUT2D eigenvalue weighted by Gasteiger charge is 2.25. The summed E-state index contributed by atoms with van der Waals surface area (Å²) in [6.07, 6.45) is 1.45. The number of piperazine rings is 1. The van der Waals surface area contributed by atoms with Crippen molar-refractivity contribution in [3.8, 4) is 0 Å². The summed E-state index contributed by atoms with van der Waals surface area (Å²) in [6, 6.07) is 8.73. The molecule has 0 bridgehead atoms. The molecule has 2 unspecified atom stereocenters. The van der Waals surface area contributed by atoms with Crippen molar-refractivity contribution in [1.82, 2.24) is 9.88 Å². The molecule has 1 saturated heterocycles. The molecule has 7 nitrogen and oxygen atoms in total. The van der Waals surface area contributed by atoms with Gasteiger partial charge in [0, 0.05) is 55.4 Å². The number of hydrogen-bond acceptors (Lipinski definition) is 5. The molecular weight excluding hydrogens is 461 g/mol. The number of hydrogen-bond donors (Lipinski definition) is 3. The average Bonchev–Trinajstić information content (AvgIpc) is 2.77. The second-order valence-corrected chi connectivity index (χ2v) is 9.26. The molecule has 1 fully saturated rings. The van der Waals surface area contributed by atoms with Gasteiger partial charge >= 0.3 is 5.97 Å². The van der Waals surface area contributed by atoms with Crippen molar-refractivity contribution in [1.29, 1.82) is 0 Å². The van der Waals surface area contributed by atoms with Crippen molar-refractivity contribution in [2.45, 2.75) is 38.9 Å². The van der Waals surface area contributed by atoms with E-state index in [4.69, 9.17) is 11.6 Å². The van der Waals surface area contributed by atoms with E-state index in [0.717, 1.165) is 5.69 Å². The van der Waals surface area contributed by atoms with Crippen molar-refractivity contribution in [2.24, 2.45) is 0 Å². The molecular formula is C25H27ClFN3O4. The van der Waals surface area contributed by atoms with Gasteiger partial charge in [-0.25, -0.2) is 9.18 Å². The Morgan fingerprint density at radius 2 is 1.91 bits per heavy atom. The number of aromatic carboxylic acids is 1. The Hall–Kier alpha value is -2.94. The van der Waals surface area contributed by atoms with Crippen LogP contribution in [0, 0.1) is 5.82 Å². The number of aliphatic hydroxyl groups excluding tert-OH is 1. The third kappa shape index (κ3) is 4.66. The van der Waals surface area contributed by atoms with Gasteiger partial charge in [-0.3, -0.25) is 4.79 Å². The molecule has 0 radical (unpaired) electrons. The number of nitrogens with one attached hydrogen (secondary N) is 1. The van der Waals surface area contributed by atoms with E-state index in [1.165, 1.54) is 12.3 Å². The molecule has 2 aromatic carbocycles.